The fourth-order valence-electron chi connectivity index (χ4n) is 1.45. The Hall–Kier alpha value is -1.42. The molecule has 0 aliphatic carbocycles. The first-order valence-corrected chi connectivity index (χ1v) is 4.80. The molecule has 0 spiro atoms. The third-order valence-corrected chi connectivity index (χ3v) is 2.53. The van der Waals surface area contributed by atoms with Gasteiger partial charge in [-0.15, -0.1) is 0 Å². The van der Waals surface area contributed by atoms with Crippen LogP contribution in [0.15, 0.2) is 24.4 Å². The summed E-state index contributed by atoms with van der Waals surface area (Å²) in [6, 6.07) is 5.04. The average Bonchev–Trinajstić information content (AvgIpc) is 2.59. The number of rotatable bonds is 2. The molecule has 3 nitrogen and oxygen atoms in total. The normalized spacial score (nSPS) is 10.6. The number of benzene rings is 1. The molecule has 2 rings (SSSR count). The van der Waals surface area contributed by atoms with Crippen molar-refractivity contribution in [2.24, 2.45) is 0 Å². The number of aromatic carboxylic acids is 1. The zero-order valence-corrected chi connectivity index (χ0v) is 8.21. The molecule has 0 aliphatic heterocycles. The maximum absolute atomic E-state index is 10.7. The van der Waals surface area contributed by atoms with Gasteiger partial charge >= 0.3 is 5.97 Å². The van der Waals surface area contributed by atoms with Crippen LogP contribution in [0.4, 0.5) is 0 Å². The Kier molecular flexibility index (Phi) is 2.21. The van der Waals surface area contributed by atoms with Crippen LogP contribution in [0.3, 0.4) is 0 Å². The average molecular weight is 207 g/mol. The number of thiol groups is 1. The summed E-state index contributed by atoms with van der Waals surface area (Å²) in [4.78, 5) is 13.7. The predicted octanol–water partition coefficient (Wildman–Crippen LogP) is 2.30. The highest BCUT2D eigenvalue weighted by molar-refractivity contribution is 7.79. The van der Waals surface area contributed by atoms with Crippen molar-refractivity contribution in [3.05, 3.63) is 35.5 Å². The van der Waals surface area contributed by atoms with Crippen LogP contribution in [0.2, 0.25) is 0 Å². The summed E-state index contributed by atoms with van der Waals surface area (Å²) in [7, 11) is 0. The maximum Gasteiger partial charge on any atom is 0.335 e. The number of aromatic nitrogens is 1. The lowest BCUT2D eigenvalue weighted by Crippen LogP contribution is -1.94. The Morgan fingerprint density at radius 3 is 2.93 bits per heavy atom. The molecule has 0 amide bonds. The van der Waals surface area contributed by atoms with Crippen molar-refractivity contribution in [2.45, 2.75) is 5.75 Å². The van der Waals surface area contributed by atoms with Crippen molar-refractivity contribution in [3.63, 3.8) is 0 Å². The molecule has 0 bridgehead atoms. The number of carbonyl (C=O) groups is 1. The SMILES string of the molecule is O=C(O)c1ccc2c(CS)c[nH]c2c1. The second kappa shape index (κ2) is 3.38. The molecule has 0 fully saturated rings. The van der Waals surface area contributed by atoms with Gasteiger partial charge in [-0.25, -0.2) is 4.79 Å². The van der Waals surface area contributed by atoms with E-state index in [9.17, 15) is 4.79 Å². The number of nitrogens with one attached hydrogen (secondary N) is 1. The van der Waals surface area contributed by atoms with Gasteiger partial charge in [0.1, 0.15) is 0 Å². The van der Waals surface area contributed by atoms with E-state index in [0.29, 0.717) is 11.3 Å². The fourth-order valence-corrected chi connectivity index (χ4v) is 1.71. The van der Waals surface area contributed by atoms with E-state index in [1.807, 2.05) is 6.20 Å². The van der Waals surface area contributed by atoms with E-state index in [1.54, 1.807) is 18.2 Å². The summed E-state index contributed by atoms with van der Waals surface area (Å²) >= 11 is 4.18. The number of fused-ring (bicyclic) bond motifs is 1. The highest BCUT2D eigenvalue weighted by atomic mass is 32.1. The van der Waals surface area contributed by atoms with Crippen molar-refractivity contribution >= 4 is 29.5 Å². The fraction of sp³-hybridized carbons (Fsp3) is 0.100. The Morgan fingerprint density at radius 2 is 2.29 bits per heavy atom. The number of carboxylic acid groups (broad SMARTS) is 1. The van der Waals surface area contributed by atoms with Crippen LogP contribution in [-0.2, 0) is 5.75 Å². The van der Waals surface area contributed by atoms with Gasteiger partial charge in [0.15, 0.2) is 0 Å². The van der Waals surface area contributed by atoms with Crippen LogP contribution in [0.1, 0.15) is 15.9 Å². The molecule has 2 N–H and O–H groups in total. The molecule has 4 heteroatoms. The first-order chi connectivity index (χ1) is 6.72. The number of aromatic amines is 1. The first kappa shape index (κ1) is 9.15. The van der Waals surface area contributed by atoms with E-state index in [1.165, 1.54) is 0 Å². The summed E-state index contributed by atoms with van der Waals surface area (Å²) < 4.78 is 0. The van der Waals surface area contributed by atoms with Crippen molar-refractivity contribution in [3.8, 4) is 0 Å². The Bertz CT molecular complexity index is 490. The van der Waals surface area contributed by atoms with Crippen molar-refractivity contribution in [1.82, 2.24) is 4.98 Å². The predicted molar refractivity (Wildman–Crippen MR) is 57.9 cm³/mol. The third kappa shape index (κ3) is 1.37. The van der Waals surface area contributed by atoms with E-state index >= 15 is 0 Å². The molecule has 0 radical (unpaired) electrons. The first-order valence-electron chi connectivity index (χ1n) is 4.16. The van der Waals surface area contributed by atoms with Gasteiger partial charge in [-0.3, -0.25) is 0 Å². The Balaban J connectivity index is 2.63. The lowest BCUT2D eigenvalue weighted by Gasteiger charge is -1.95. The number of carboxylic acids is 1. The maximum atomic E-state index is 10.7. The van der Waals surface area contributed by atoms with Crippen LogP contribution >= 0.6 is 12.6 Å². The van der Waals surface area contributed by atoms with E-state index < -0.39 is 5.97 Å². The molecule has 1 aromatic carbocycles. The second-order valence-electron chi connectivity index (χ2n) is 3.04. The highest BCUT2D eigenvalue weighted by Crippen LogP contribution is 2.20. The summed E-state index contributed by atoms with van der Waals surface area (Å²) in [6.45, 7) is 0. The molecule has 0 saturated heterocycles. The number of hydrogen-bond acceptors (Lipinski definition) is 2. The third-order valence-electron chi connectivity index (χ3n) is 2.18. The molecule has 72 valence electrons. The van der Waals surface area contributed by atoms with Gasteiger partial charge in [-0.2, -0.15) is 12.6 Å². The summed E-state index contributed by atoms with van der Waals surface area (Å²) in [5.74, 6) is -0.263. The molecule has 2 aromatic rings. The lowest BCUT2D eigenvalue weighted by atomic mass is 10.1. The minimum Gasteiger partial charge on any atom is -0.478 e. The minimum atomic E-state index is -0.908. The zero-order chi connectivity index (χ0) is 10.1. The van der Waals surface area contributed by atoms with Gasteiger partial charge in [0.25, 0.3) is 0 Å². The zero-order valence-electron chi connectivity index (χ0n) is 7.32. The van der Waals surface area contributed by atoms with Gasteiger partial charge < -0.3 is 10.1 Å². The molecule has 0 aliphatic rings. The molecule has 1 heterocycles. The van der Waals surface area contributed by atoms with Gasteiger partial charge in [0, 0.05) is 22.9 Å². The van der Waals surface area contributed by atoms with E-state index in [4.69, 9.17) is 5.11 Å². The number of H-pyrrole nitrogens is 1. The topological polar surface area (TPSA) is 53.1 Å². The summed E-state index contributed by atoms with van der Waals surface area (Å²) in [5, 5.41) is 9.81. The van der Waals surface area contributed by atoms with Crippen LogP contribution in [0.5, 0.6) is 0 Å². The second-order valence-corrected chi connectivity index (χ2v) is 3.35. The molecule has 0 unspecified atom stereocenters. The van der Waals surface area contributed by atoms with E-state index in [-0.39, 0.29) is 0 Å². The van der Waals surface area contributed by atoms with Crippen molar-refractivity contribution in [2.75, 3.05) is 0 Å². The molecular weight excluding hydrogens is 198 g/mol. The van der Waals surface area contributed by atoms with Gasteiger partial charge in [0.2, 0.25) is 0 Å². The van der Waals surface area contributed by atoms with Crippen LogP contribution in [0.25, 0.3) is 10.9 Å². The largest absolute Gasteiger partial charge is 0.478 e. The Morgan fingerprint density at radius 1 is 1.50 bits per heavy atom. The standard InChI is InChI=1S/C10H9NO2S/c12-10(13)6-1-2-8-7(5-14)4-11-9(8)3-6/h1-4,11,14H,5H2,(H,12,13). The molecular formula is C10H9NO2S. The molecule has 0 atom stereocenters. The minimum absolute atomic E-state index is 0.296. The van der Waals surface area contributed by atoms with Gasteiger partial charge in [0.05, 0.1) is 5.56 Å². The molecule has 1 aromatic heterocycles. The highest BCUT2D eigenvalue weighted by Gasteiger charge is 2.06. The molecule has 0 saturated carbocycles. The van der Waals surface area contributed by atoms with Crippen molar-refractivity contribution in [1.29, 1.82) is 0 Å². The Labute approximate surface area is 86.2 Å². The van der Waals surface area contributed by atoms with E-state index in [2.05, 4.69) is 17.6 Å². The van der Waals surface area contributed by atoms with Crippen LogP contribution in [-0.4, -0.2) is 16.1 Å². The summed E-state index contributed by atoms with van der Waals surface area (Å²) in [6.07, 6.45) is 1.85. The molecule has 14 heavy (non-hydrogen) atoms. The van der Waals surface area contributed by atoms with Crippen molar-refractivity contribution < 1.29 is 9.90 Å². The monoisotopic (exact) mass is 207 g/mol. The number of hydrogen-bond donors (Lipinski definition) is 3. The lowest BCUT2D eigenvalue weighted by molar-refractivity contribution is 0.0697. The summed E-state index contributed by atoms with van der Waals surface area (Å²) in [5.41, 5.74) is 2.22. The quantitative estimate of drug-likeness (QED) is 0.662. The van der Waals surface area contributed by atoms with Crippen LogP contribution in [0, 0.1) is 0 Å². The smallest absolute Gasteiger partial charge is 0.335 e. The van der Waals surface area contributed by atoms with Gasteiger partial charge in [-0.05, 0) is 17.7 Å². The van der Waals surface area contributed by atoms with E-state index in [0.717, 1.165) is 16.5 Å². The van der Waals surface area contributed by atoms with Crippen LogP contribution < -0.4 is 0 Å². The van der Waals surface area contributed by atoms with Gasteiger partial charge in [-0.1, -0.05) is 6.07 Å².